The lowest BCUT2D eigenvalue weighted by atomic mass is 10.1. The molecule has 4 rings (SSSR count). The molecule has 3 aromatic carbocycles. The van der Waals surface area contributed by atoms with Crippen LogP contribution in [-0.4, -0.2) is 18.8 Å². The lowest BCUT2D eigenvalue weighted by molar-refractivity contribution is -0.138. The first-order chi connectivity index (χ1) is 15.9. The number of halogens is 3. The van der Waals surface area contributed by atoms with Crippen molar-refractivity contribution in [3.63, 3.8) is 0 Å². The van der Waals surface area contributed by atoms with Crippen LogP contribution >= 0.6 is 0 Å². The number of nitrogens with one attached hydrogen (secondary N) is 1. The van der Waals surface area contributed by atoms with Crippen LogP contribution in [0.25, 0.3) is 10.9 Å². The number of fused-ring (bicyclic) bond motifs is 1. The highest BCUT2D eigenvalue weighted by molar-refractivity contribution is 5.87. The number of aromatic nitrogens is 1. The summed E-state index contributed by atoms with van der Waals surface area (Å²) in [6.45, 7) is 1.16. The Morgan fingerprint density at radius 3 is 2.15 bits per heavy atom. The second-order valence-corrected chi connectivity index (χ2v) is 7.75. The monoisotopic (exact) mass is 454 g/mol. The van der Waals surface area contributed by atoms with Crippen molar-refractivity contribution in [1.29, 1.82) is 0 Å². The van der Waals surface area contributed by atoms with E-state index in [2.05, 4.69) is 22.0 Å². The first-order valence-electron chi connectivity index (χ1n) is 10.5. The Labute approximate surface area is 190 Å². The second-order valence-electron chi connectivity index (χ2n) is 7.75. The van der Waals surface area contributed by atoms with Gasteiger partial charge in [0.15, 0.2) is 11.5 Å². The number of nitrogens with zero attached hydrogens (tertiary/aromatic N) is 1. The van der Waals surface area contributed by atoms with Gasteiger partial charge in [-0.05, 0) is 28.8 Å². The van der Waals surface area contributed by atoms with E-state index in [-0.39, 0.29) is 12.1 Å². The Morgan fingerprint density at radius 2 is 1.45 bits per heavy atom. The van der Waals surface area contributed by atoms with Crippen molar-refractivity contribution in [2.24, 2.45) is 0 Å². The highest BCUT2D eigenvalue weighted by Gasteiger charge is 2.32. The summed E-state index contributed by atoms with van der Waals surface area (Å²) in [5.74, 6) is 1.22. The fraction of sp³-hybridized carbons (Fsp3) is 0.231. The maximum atomic E-state index is 13.3. The molecule has 0 atom stereocenters. The fourth-order valence-electron chi connectivity index (χ4n) is 4.02. The van der Waals surface area contributed by atoms with Crippen molar-refractivity contribution in [3.8, 4) is 11.5 Å². The average molecular weight is 454 g/mol. The minimum Gasteiger partial charge on any atom is -0.493 e. The van der Waals surface area contributed by atoms with Crippen LogP contribution in [0.5, 0.6) is 11.5 Å². The standard InChI is InChI=1S/C26H25F3N2O2/c1-32-24-12-21-20(15-30-14-19-10-6-7-11-22(19)26(27,28)29)17-31(23(21)13-25(24)33-2)16-18-8-4-3-5-9-18/h3-13,17,30H,14-16H2,1-2H3. The molecule has 0 radical (unpaired) electrons. The third-order valence-corrected chi connectivity index (χ3v) is 5.62. The smallest absolute Gasteiger partial charge is 0.416 e. The summed E-state index contributed by atoms with van der Waals surface area (Å²) in [5.41, 5.74) is 2.67. The van der Waals surface area contributed by atoms with E-state index in [0.29, 0.717) is 24.6 Å². The van der Waals surface area contributed by atoms with E-state index in [0.717, 1.165) is 28.1 Å². The largest absolute Gasteiger partial charge is 0.493 e. The first kappa shape index (κ1) is 22.7. The Morgan fingerprint density at radius 1 is 0.818 bits per heavy atom. The molecule has 0 aliphatic rings. The topological polar surface area (TPSA) is 35.4 Å². The Balaban J connectivity index is 1.64. The molecule has 4 nitrogen and oxygen atoms in total. The highest BCUT2D eigenvalue weighted by atomic mass is 19.4. The van der Waals surface area contributed by atoms with Gasteiger partial charge in [-0.25, -0.2) is 0 Å². The van der Waals surface area contributed by atoms with Gasteiger partial charge in [-0.2, -0.15) is 13.2 Å². The second kappa shape index (κ2) is 9.58. The van der Waals surface area contributed by atoms with Crippen LogP contribution in [0, 0.1) is 0 Å². The third kappa shape index (κ3) is 4.98. The summed E-state index contributed by atoms with van der Waals surface area (Å²) in [5, 5.41) is 4.14. The van der Waals surface area contributed by atoms with Crippen LogP contribution in [0.2, 0.25) is 0 Å². The van der Waals surface area contributed by atoms with E-state index >= 15 is 0 Å². The van der Waals surface area contributed by atoms with Crippen molar-refractivity contribution in [2.45, 2.75) is 25.8 Å². The van der Waals surface area contributed by atoms with Gasteiger partial charge in [0, 0.05) is 37.3 Å². The summed E-state index contributed by atoms with van der Waals surface area (Å²) in [6, 6.07) is 19.5. The number of rotatable bonds is 8. The van der Waals surface area contributed by atoms with Gasteiger partial charge in [0.1, 0.15) is 0 Å². The van der Waals surface area contributed by atoms with E-state index in [1.165, 1.54) is 12.1 Å². The lowest BCUT2D eigenvalue weighted by Crippen LogP contribution is -2.17. The Kier molecular flexibility index (Phi) is 6.60. The molecule has 1 heterocycles. The Bertz CT molecular complexity index is 1230. The van der Waals surface area contributed by atoms with Gasteiger partial charge in [0.05, 0.1) is 25.3 Å². The minimum atomic E-state index is -4.38. The molecule has 0 saturated carbocycles. The van der Waals surface area contributed by atoms with Crippen molar-refractivity contribution < 1.29 is 22.6 Å². The molecule has 0 spiro atoms. The van der Waals surface area contributed by atoms with Crippen LogP contribution < -0.4 is 14.8 Å². The van der Waals surface area contributed by atoms with E-state index in [1.807, 2.05) is 36.5 Å². The molecule has 0 saturated heterocycles. The number of methoxy groups -OCH3 is 2. The average Bonchev–Trinajstić information content (AvgIpc) is 3.14. The quantitative estimate of drug-likeness (QED) is 0.354. The minimum absolute atomic E-state index is 0.105. The summed E-state index contributed by atoms with van der Waals surface area (Å²) in [4.78, 5) is 0. The summed E-state index contributed by atoms with van der Waals surface area (Å²) in [6.07, 6.45) is -2.35. The molecule has 1 N–H and O–H groups in total. The van der Waals surface area contributed by atoms with Crippen molar-refractivity contribution in [1.82, 2.24) is 9.88 Å². The summed E-state index contributed by atoms with van der Waals surface area (Å²) in [7, 11) is 3.17. The van der Waals surface area contributed by atoms with Crippen LogP contribution in [0.4, 0.5) is 13.2 Å². The van der Waals surface area contributed by atoms with E-state index in [9.17, 15) is 13.2 Å². The predicted octanol–water partition coefficient (Wildman–Crippen LogP) is 6.02. The van der Waals surface area contributed by atoms with E-state index in [4.69, 9.17) is 9.47 Å². The van der Waals surface area contributed by atoms with E-state index in [1.54, 1.807) is 20.3 Å². The number of ether oxygens (including phenoxy) is 2. The van der Waals surface area contributed by atoms with Gasteiger partial charge in [0.2, 0.25) is 0 Å². The van der Waals surface area contributed by atoms with Gasteiger partial charge in [0.25, 0.3) is 0 Å². The predicted molar refractivity (Wildman–Crippen MR) is 123 cm³/mol. The fourth-order valence-corrected chi connectivity index (χ4v) is 4.02. The van der Waals surface area contributed by atoms with Crippen LogP contribution in [0.15, 0.2) is 72.9 Å². The van der Waals surface area contributed by atoms with Crippen LogP contribution in [0.3, 0.4) is 0 Å². The van der Waals surface area contributed by atoms with Gasteiger partial charge in [-0.15, -0.1) is 0 Å². The third-order valence-electron chi connectivity index (χ3n) is 5.62. The van der Waals surface area contributed by atoms with Crippen molar-refractivity contribution in [2.75, 3.05) is 14.2 Å². The number of hydrogen-bond donors (Lipinski definition) is 1. The lowest BCUT2D eigenvalue weighted by Gasteiger charge is -2.13. The molecule has 1 aromatic heterocycles. The van der Waals surface area contributed by atoms with Gasteiger partial charge in [-0.3, -0.25) is 0 Å². The maximum Gasteiger partial charge on any atom is 0.416 e. The molecule has 0 aliphatic carbocycles. The molecular weight excluding hydrogens is 429 g/mol. The highest BCUT2D eigenvalue weighted by Crippen LogP contribution is 2.35. The maximum absolute atomic E-state index is 13.3. The molecule has 0 aliphatic heterocycles. The zero-order valence-electron chi connectivity index (χ0n) is 18.4. The molecule has 0 fully saturated rings. The van der Waals surface area contributed by atoms with Gasteiger partial charge in [-0.1, -0.05) is 48.5 Å². The normalized spacial score (nSPS) is 11.7. The molecule has 0 unspecified atom stereocenters. The summed E-state index contributed by atoms with van der Waals surface area (Å²) >= 11 is 0. The van der Waals surface area contributed by atoms with Crippen molar-refractivity contribution in [3.05, 3.63) is 95.2 Å². The molecule has 4 aromatic rings. The van der Waals surface area contributed by atoms with Crippen molar-refractivity contribution >= 4 is 10.9 Å². The summed E-state index contributed by atoms with van der Waals surface area (Å²) < 4.78 is 53.0. The molecule has 0 amide bonds. The number of hydrogen-bond acceptors (Lipinski definition) is 3. The number of benzene rings is 3. The van der Waals surface area contributed by atoms with Crippen LogP contribution in [-0.2, 0) is 25.8 Å². The molecule has 172 valence electrons. The van der Waals surface area contributed by atoms with E-state index < -0.39 is 11.7 Å². The molecule has 33 heavy (non-hydrogen) atoms. The zero-order chi connectivity index (χ0) is 23.4. The first-order valence-corrected chi connectivity index (χ1v) is 10.5. The SMILES string of the molecule is COc1cc2c(CNCc3ccccc3C(F)(F)F)cn(Cc3ccccc3)c2cc1OC. The van der Waals surface area contributed by atoms with Crippen LogP contribution in [0.1, 0.15) is 22.3 Å². The zero-order valence-corrected chi connectivity index (χ0v) is 18.4. The van der Waals surface area contributed by atoms with Gasteiger partial charge >= 0.3 is 6.18 Å². The van der Waals surface area contributed by atoms with Gasteiger partial charge < -0.3 is 19.4 Å². The Hall–Kier alpha value is -3.45. The molecule has 0 bridgehead atoms. The number of alkyl halides is 3. The molecular formula is C26H25F3N2O2. The molecule has 7 heteroatoms.